The molecule has 0 atom stereocenters. The maximum atomic E-state index is 4.00. The van der Waals surface area contributed by atoms with E-state index in [2.05, 4.69) is 25.5 Å². The predicted octanol–water partition coefficient (Wildman–Crippen LogP) is 0.352. The summed E-state index contributed by atoms with van der Waals surface area (Å²) in [5, 5.41) is 2.75. The first-order valence-corrected chi connectivity index (χ1v) is 2.00. The fraction of sp³-hybridized carbons (Fsp3) is 1.00. The van der Waals surface area contributed by atoms with Crippen molar-refractivity contribution in [3.8, 4) is 0 Å². The van der Waals surface area contributed by atoms with Gasteiger partial charge in [-0.05, 0) is 14.1 Å². The van der Waals surface area contributed by atoms with E-state index in [0.29, 0.717) is 0 Å². The molecule has 2 nitrogen and oxygen atoms in total. The summed E-state index contributed by atoms with van der Waals surface area (Å²) in [5.41, 5.74) is 0. The Morgan fingerprint density at radius 3 is 1.43 bits per heavy atom. The first-order valence-electron chi connectivity index (χ1n) is 1.55. The van der Waals surface area contributed by atoms with Gasteiger partial charge in [-0.25, -0.2) is 0 Å². The van der Waals surface area contributed by atoms with Crippen molar-refractivity contribution >= 4 is 12.4 Å². The van der Waals surface area contributed by atoms with E-state index < -0.39 is 0 Å². The van der Waals surface area contributed by atoms with Crippen molar-refractivity contribution in [2.75, 3.05) is 21.2 Å². The van der Waals surface area contributed by atoms with Gasteiger partial charge in [0, 0.05) is 0 Å². The molecule has 0 amide bonds. The fourth-order valence-electron chi connectivity index (χ4n) is 0. The Kier molecular flexibility index (Phi) is 66.3. The van der Waals surface area contributed by atoms with Crippen LogP contribution in [0, 0.1) is 0 Å². The molecular weight excluding hydrogens is 157 g/mol. The van der Waals surface area contributed by atoms with Crippen LogP contribution in [0.15, 0.2) is 0 Å². The standard InChI is InChI=1S/C2H7N.CH3O.ClH.Fe/c1-3-2;1-2;;/h3H,1-2H3;1H3;1H;/q;-1;;+1. The summed E-state index contributed by atoms with van der Waals surface area (Å²) in [6.45, 7) is 0. The summed E-state index contributed by atoms with van der Waals surface area (Å²) >= 11 is 2.99. The normalized spacial score (nSPS) is 5.14. The average molecular weight is 168 g/mol. The van der Waals surface area contributed by atoms with E-state index >= 15 is 0 Å². The van der Waals surface area contributed by atoms with Crippen LogP contribution in [0.5, 0.6) is 0 Å². The summed E-state index contributed by atoms with van der Waals surface area (Å²) in [6, 6.07) is 0. The zero-order valence-electron chi connectivity index (χ0n) is 4.67. The van der Waals surface area contributed by atoms with Crippen molar-refractivity contribution in [1.29, 1.82) is 0 Å². The van der Waals surface area contributed by atoms with Crippen LogP contribution in [0.25, 0.3) is 0 Å². The fourth-order valence-corrected chi connectivity index (χ4v) is 0. The van der Waals surface area contributed by atoms with Gasteiger partial charge in [0.25, 0.3) is 0 Å². The first kappa shape index (κ1) is 15.6. The van der Waals surface area contributed by atoms with Gasteiger partial charge in [-0.3, -0.25) is 0 Å². The van der Waals surface area contributed by atoms with Crippen LogP contribution in [0.2, 0.25) is 0 Å². The molecule has 0 unspecified atom stereocenters. The molecule has 4 heteroatoms. The molecule has 0 fully saturated rings. The van der Waals surface area contributed by atoms with Crippen LogP contribution in [0.1, 0.15) is 0 Å². The van der Waals surface area contributed by atoms with E-state index in [1.54, 1.807) is 0 Å². The van der Waals surface area contributed by atoms with Crippen molar-refractivity contribution in [3.63, 3.8) is 0 Å². The van der Waals surface area contributed by atoms with Crippen molar-refractivity contribution in [3.05, 3.63) is 0 Å². The third-order valence-corrected chi connectivity index (χ3v) is 0. The second-order valence-corrected chi connectivity index (χ2v) is 1.10. The smallest absolute Gasteiger partial charge is 0.147 e. The monoisotopic (exact) mass is 168 g/mol. The minimum absolute atomic E-state index is 0. The van der Waals surface area contributed by atoms with Gasteiger partial charge in [-0.1, -0.05) is 0 Å². The maximum absolute atomic E-state index is 4.00. The van der Waals surface area contributed by atoms with E-state index in [0.717, 1.165) is 0 Å². The molecule has 0 aliphatic heterocycles. The van der Waals surface area contributed by atoms with Crippen molar-refractivity contribution in [2.45, 2.75) is 0 Å². The largest absolute Gasteiger partial charge is 0.147 e. The number of halogens is 1. The van der Waals surface area contributed by atoms with E-state index in [1.807, 2.05) is 14.1 Å². The van der Waals surface area contributed by atoms with Crippen molar-refractivity contribution in [2.24, 2.45) is 0 Å². The summed E-state index contributed by atoms with van der Waals surface area (Å²) in [6.07, 6.45) is 0. The van der Waals surface area contributed by atoms with Crippen LogP contribution in [0.4, 0.5) is 0 Å². The summed E-state index contributed by atoms with van der Waals surface area (Å²) in [4.78, 5) is 0. The van der Waals surface area contributed by atoms with Gasteiger partial charge in [0.2, 0.25) is 0 Å². The van der Waals surface area contributed by atoms with Gasteiger partial charge < -0.3 is 5.32 Å². The molecule has 0 bridgehead atoms. The topological polar surface area (TPSA) is 21.3 Å². The molecule has 0 spiro atoms. The zero-order valence-corrected chi connectivity index (χ0v) is 6.59. The molecule has 0 radical (unpaired) electrons. The Bertz CT molecular complexity index is 16.9. The second kappa shape index (κ2) is 29.7. The molecule has 0 aromatic carbocycles. The molecule has 49 valence electrons. The quantitative estimate of drug-likeness (QED) is 0.527. The zero-order chi connectivity index (χ0) is 5.41. The molecule has 0 saturated heterocycles. The van der Waals surface area contributed by atoms with Crippen LogP contribution in [0.3, 0.4) is 0 Å². The Morgan fingerprint density at radius 2 is 1.43 bits per heavy atom. The minimum Gasteiger partial charge on any atom is -0.147 e. The number of hydrogen-bond acceptors (Lipinski definition) is 2. The minimum atomic E-state index is 0. The molecule has 0 aromatic heterocycles. The average Bonchev–Trinajstić information content (AvgIpc) is 1.39. The molecule has 0 aromatic rings. The molecule has 1 N–H and O–H groups in total. The Labute approximate surface area is 59.6 Å². The van der Waals surface area contributed by atoms with Crippen LogP contribution >= 0.6 is 12.4 Å². The van der Waals surface area contributed by atoms with Gasteiger partial charge in [-0.15, -0.1) is 12.4 Å². The van der Waals surface area contributed by atoms with Crippen LogP contribution in [-0.2, 0) is 20.2 Å². The molecule has 7 heavy (non-hydrogen) atoms. The van der Waals surface area contributed by atoms with Gasteiger partial charge in [-0.2, -0.15) is 0 Å². The predicted molar refractivity (Wildman–Crippen MR) is 29.2 cm³/mol. The molecule has 0 heterocycles. The van der Waals surface area contributed by atoms with Gasteiger partial charge in [0.1, 0.15) is 0 Å². The third kappa shape index (κ3) is 283. The van der Waals surface area contributed by atoms with Crippen LogP contribution < -0.4 is 5.32 Å². The molecular formula is C3H11ClFeNO. The van der Waals surface area contributed by atoms with Gasteiger partial charge >= 0.3 is 27.3 Å². The Hall–Kier alpha value is 0.729. The molecule has 0 saturated carbocycles. The first-order chi connectivity index (χ1) is 2.83. The Morgan fingerprint density at radius 1 is 1.43 bits per heavy atom. The summed E-state index contributed by atoms with van der Waals surface area (Å²) < 4.78 is 4.00. The maximum Gasteiger partial charge on any atom is -0.147 e. The molecule has 0 rings (SSSR count). The SMILES string of the molecule is CNC.C[O][Fe].Cl. The molecule has 0 aliphatic rings. The molecule has 0 aliphatic carbocycles. The van der Waals surface area contributed by atoms with E-state index in [-0.39, 0.29) is 12.4 Å². The van der Waals surface area contributed by atoms with Crippen LogP contribution in [-0.4, -0.2) is 21.2 Å². The summed E-state index contributed by atoms with van der Waals surface area (Å²) in [7, 11) is 5.26. The van der Waals surface area contributed by atoms with Crippen molar-refractivity contribution in [1.82, 2.24) is 5.32 Å². The van der Waals surface area contributed by atoms with E-state index in [1.165, 1.54) is 7.11 Å². The third-order valence-electron chi connectivity index (χ3n) is 0. The second-order valence-electron chi connectivity index (χ2n) is 0.644. The number of nitrogens with one attached hydrogen (secondary N) is 1. The number of hydrogen-bond donors (Lipinski definition) is 1. The van der Waals surface area contributed by atoms with Gasteiger partial charge in [0.15, 0.2) is 0 Å². The van der Waals surface area contributed by atoms with Gasteiger partial charge in [0.05, 0.1) is 0 Å². The van der Waals surface area contributed by atoms with E-state index in [9.17, 15) is 0 Å². The summed E-state index contributed by atoms with van der Waals surface area (Å²) in [5.74, 6) is 0. The number of rotatable bonds is 0. The van der Waals surface area contributed by atoms with E-state index in [4.69, 9.17) is 0 Å². The van der Waals surface area contributed by atoms with Crippen molar-refractivity contribution < 1.29 is 20.2 Å². The Balaban J connectivity index is -0.0000000400.